The normalized spacial score (nSPS) is 13.1. The van der Waals surface area contributed by atoms with Gasteiger partial charge in [0.2, 0.25) is 0 Å². The van der Waals surface area contributed by atoms with Crippen molar-refractivity contribution in [3.05, 3.63) is 12.2 Å². The molecule has 1 nitrogen and oxygen atoms in total. The summed E-state index contributed by atoms with van der Waals surface area (Å²) in [7, 11) is -1.52. The molecule has 0 saturated heterocycles. The van der Waals surface area contributed by atoms with Crippen LogP contribution in [0.3, 0.4) is 0 Å². The fourth-order valence-corrected chi connectivity index (χ4v) is 3.63. The van der Waals surface area contributed by atoms with Crippen molar-refractivity contribution in [2.75, 3.05) is 6.61 Å². The van der Waals surface area contributed by atoms with Crippen molar-refractivity contribution in [1.82, 2.24) is 0 Å². The lowest BCUT2D eigenvalue weighted by atomic mass is 10.1. The molecule has 0 unspecified atom stereocenters. The second-order valence-corrected chi connectivity index (χ2v) is 13.6. The highest BCUT2D eigenvalue weighted by atomic mass is 28.4. The van der Waals surface area contributed by atoms with E-state index in [1.54, 1.807) is 0 Å². The molecule has 0 fully saturated rings. The van der Waals surface area contributed by atoms with Crippen molar-refractivity contribution in [3.8, 4) is 0 Å². The summed E-state index contributed by atoms with van der Waals surface area (Å²) in [6.45, 7) is 14.9. The van der Waals surface area contributed by atoms with E-state index < -0.39 is 8.32 Å². The van der Waals surface area contributed by atoms with Crippen LogP contribution in [0.4, 0.5) is 0 Å². The largest absolute Gasteiger partial charge is 0.417 e. The standard InChI is InChI=1S/C22H46OSi/c1-7-8-9-10-11-12-13-14-15-16-17-18-19-20-21-23-24(5,6)22(2,3)4/h12-13H,7-11,14-21H2,1-6H3/b13-12-. The molecule has 0 bridgehead atoms. The fraction of sp³-hybridized carbons (Fsp3) is 0.909. The molecule has 0 atom stereocenters. The van der Waals surface area contributed by atoms with Gasteiger partial charge in [0.1, 0.15) is 0 Å². The highest BCUT2D eigenvalue weighted by Gasteiger charge is 2.36. The molecule has 0 aliphatic heterocycles. The number of rotatable bonds is 15. The van der Waals surface area contributed by atoms with Crippen LogP contribution in [0.2, 0.25) is 18.1 Å². The smallest absolute Gasteiger partial charge is 0.191 e. The van der Waals surface area contributed by atoms with Crippen LogP contribution in [0.25, 0.3) is 0 Å². The zero-order valence-electron chi connectivity index (χ0n) is 17.8. The van der Waals surface area contributed by atoms with E-state index in [-0.39, 0.29) is 0 Å². The first kappa shape index (κ1) is 23.9. The van der Waals surface area contributed by atoms with Crippen LogP contribution in [-0.4, -0.2) is 14.9 Å². The van der Waals surface area contributed by atoms with Gasteiger partial charge in [0.15, 0.2) is 8.32 Å². The second-order valence-electron chi connectivity index (χ2n) is 8.84. The maximum absolute atomic E-state index is 6.23. The van der Waals surface area contributed by atoms with Gasteiger partial charge in [-0.2, -0.15) is 0 Å². The Morgan fingerprint density at radius 2 is 1.17 bits per heavy atom. The Kier molecular flexibility index (Phi) is 14.1. The lowest BCUT2D eigenvalue weighted by molar-refractivity contribution is 0.277. The summed E-state index contributed by atoms with van der Waals surface area (Å²) in [5, 5.41) is 0.344. The monoisotopic (exact) mass is 354 g/mol. The van der Waals surface area contributed by atoms with Crippen molar-refractivity contribution >= 4 is 8.32 Å². The average Bonchev–Trinajstić information content (AvgIpc) is 2.50. The zero-order chi connectivity index (χ0) is 18.3. The summed E-state index contributed by atoms with van der Waals surface area (Å²) in [5.41, 5.74) is 0. The van der Waals surface area contributed by atoms with Gasteiger partial charge in [-0.1, -0.05) is 84.8 Å². The van der Waals surface area contributed by atoms with Gasteiger partial charge in [-0.05, 0) is 50.2 Å². The van der Waals surface area contributed by atoms with Crippen LogP contribution >= 0.6 is 0 Å². The Labute approximate surface area is 154 Å². The van der Waals surface area contributed by atoms with E-state index in [9.17, 15) is 0 Å². The molecule has 0 amide bonds. The topological polar surface area (TPSA) is 9.23 Å². The fourth-order valence-electron chi connectivity index (χ4n) is 2.54. The first-order chi connectivity index (χ1) is 11.3. The maximum atomic E-state index is 6.23. The van der Waals surface area contributed by atoms with Crippen molar-refractivity contribution < 1.29 is 4.43 Å². The Bertz CT molecular complexity index is 302. The number of allylic oxidation sites excluding steroid dienone is 2. The summed E-state index contributed by atoms with van der Waals surface area (Å²) < 4.78 is 6.23. The zero-order valence-corrected chi connectivity index (χ0v) is 18.8. The molecule has 144 valence electrons. The van der Waals surface area contributed by atoms with Gasteiger partial charge < -0.3 is 4.43 Å². The van der Waals surface area contributed by atoms with Crippen molar-refractivity contribution in [3.63, 3.8) is 0 Å². The maximum Gasteiger partial charge on any atom is 0.191 e. The SMILES string of the molecule is CCCCCC/C=C\CCCCCCCCO[Si](C)(C)C(C)(C)C. The third-order valence-electron chi connectivity index (χ3n) is 5.43. The molecule has 0 radical (unpaired) electrons. The molecule has 0 saturated carbocycles. The van der Waals surface area contributed by atoms with E-state index in [0.29, 0.717) is 5.04 Å². The minimum atomic E-state index is -1.52. The molecule has 0 spiro atoms. The van der Waals surface area contributed by atoms with Crippen LogP contribution in [0, 0.1) is 0 Å². The summed E-state index contributed by atoms with van der Waals surface area (Å²) in [6, 6.07) is 0. The molecule has 0 aliphatic carbocycles. The third-order valence-corrected chi connectivity index (χ3v) is 9.96. The molecule has 0 aromatic rings. The van der Waals surface area contributed by atoms with E-state index in [4.69, 9.17) is 4.43 Å². The highest BCUT2D eigenvalue weighted by molar-refractivity contribution is 6.74. The molecule has 0 heterocycles. The van der Waals surface area contributed by atoms with Gasteiger partial charge >= 0.3 is 0 Å². The van der Waals surface area contributed by atoms with E-state index >= 15 is 0 Å². The van der Waals surface area contributed by atoms with Gasteiger partial charge in [0.25, 0.3) is 0 Å². The molecule has 0 aliphatic rings. The van der Waals surface area contributed by atoms with Crippen molar-refractivity contribution in [2.24, 2.45) is 0 Å². The Balaban J connectivity index is 3.33. The highest BCUT2D eigenvalue weighted by Crippen LogP contribution is 2.36. The van der Waals surface area contributed by atoms with Crippen LogP contribution in [0.5, 0.6) is 0 Å². The molecule has 24 heavy (non-hydrogen) atoms. The Hall–Kier alpha value is -0.0831. The molecular weight excluding hydrogens is 308 g/mol. The lowest BCUT2D eigenvalue weighted by Crippen LogP contribution is -2.40. The lowest BCUT2D eigenvalue weighted by Gasteiger charge is -2.36. The second kappa shape index (κ2) is 14.1. The predicted molar refractivity (Wildman–Crippen MR) is 113 cm³/mol. The van der Waals surface area contributed by atoms with Gasteiger partial charge in [-0.3, -0.25) is 0 Å². The predicted octanol–water partition coefficient (Wildman–Crippen LogP) is 8.27. The van der Waals surface area contributed by atoms with E-state index in [1.807, 2.05) is 0 Å². The number of hydrogen-bond acceptors (Lipinski definition) is 1. The first-order valence-electron chi connectivity index (χ1n) is 10.6. The van der Waals surface area contributed by atoms with Crippen LogP contribution in [0.1, 0.15) is 105 Å². The molecule has 0 aromatic carbocycles. The van der Waals surface area contributed by atoms with Crippen LogP contribution in [-0.2, 0) is 4.43 Å². The van der Waals surface area contributed by atoms with E-state index in [2.05, 4.69) is 52.9 Å². The van der Waals surface area contributed by atoms with Gasteiger partial charge in [0.05, 0.1) is 0 Å². The molecule has 0 aromatic heterocycles. The van der Waals surface area contributed by atoms with Gasteiger partial charge in [0, 0.05) is 6.61 Å². The van der Waals surface area contributed by atoms with Crippen LogP contribution in [0.15, 0.2) is 12.2 Å². The average molecular weight is 355 g/mol. The Morgan fingerprint density at radius 3 is 1.67 bits per heavy atom. The third kappa shape index (κ3) is 13.2. The minimum Gasteiger partial charge on any atom is -0.417 e. The van der Waals surface area contributed by atoms with Crippen LogP contribution < -0.4 is 0 Å². The number of unbranched alkanes of at least 4 members (excludes halogenated alkanes) is 10. The van der Waals surface area contributed by atoms with E-state index in [1.165, 1.54) is 77.0 Å². The summed E-state index contributed by atoms with van der Waals surface area (Å²) in [5.74, 6) is 0. The summed E-state index contributed by atoms with van der Waals surface area (Å²) in [6.07, 6.45) is 21.0. The van der Waals surface area contributed by atoms with Gasteiger partial charge in [-0.15, -0.1) is 0 Å². The van der Waals surface area contributed by atoms with E-state index in [0.717, 1.165) is 6.61 Å². The van der Waals surface area contributed by atoms with Gasteiger partial charge in [-0.25, -0.2) is 0 Å². The molecule has 0 N–H and O–H groups in total. The quantitative estimate of drug-likeness (QED) is 0.163. The summed E-state index contributed by atoms with van der Waals surface area (Å²) in [4.78, 5) is 0. The summed E-state index contributed by atoms with van der Waals surface area (Å²) >= 11 is 0. The minimum absolute atomic E-state index is 0.344. The number of hydrogen-bond donors (Lipinski definition) is 0. The first-order valence-corrected chi connectivity index (χ1v) is 13.5. The Morgan fingerprint density at radius 1 is 0.708 bits per heavy atom. The van der Waals surface area contributed by atoms with Crippen molar-refractivity contribution in [2.45, 2.75) is 123 Å². The van der Waals surface area contributed by atoms with Crippen molar-refractivity contribution in [1.29, 1.82) is 0 Å². The molecular formula is C22H46OSi. The molecule has 2 heteroatoms. The molecule has 0 rings (SSSR count).